The number of rotatable bonds is 3. The predicted octanol–water partition coefficient (Wildman–Crippen LogP) is 3.59. The molecule has 1 atom stereocenters. The Morgan fingerprint density at radius 1 is 1.11 bits per heavy atom. The maximum absolute atomic E-state index is 14.1. The van der Waals surface area contributed by atoms with E-state index in [1.165, 1.54) is 12.1 Å². The van der Waals surface area contributed by atoms with Gasteiger partial charge in [0.15, 0.2) is 5.82 Å². The summed E-state index contributed by atoms with van der Waals surface area (Å²) in [6, 6.07) is 6.94. The number of carboxylic acids is 1. The molecule has 2 heterocycles. The maximum Gasteiger partial charge on any atom is 0.337 e. The molecular formula is C19H16F2N4O2. The Morgan fingerprint density at radius 2 is 1.81 bits per heavy atom. The number of fused-ring (bicyclic) bond motifs is 2. The van der Waals surface area contributed by atoms with Gasteiger partial charge in [0, 0.05) is 20.2 Å². The summed E-state index contributed by atoms with van der Waals surface area (Å²) in [6.45, 7) is 1.84. The largest absolute Gasteiger partial charge is 0.478 e. The summed E-state index contributed by atoms with van der Waals surface area (Å²) in [4.78, 5) is 20.4. The molecule has 4 aromatic rings. The highest BCUT2D eigenvalue weighted by atomic mass is 19.1. The Bertz CT molecular complexity index is 1230. The molecular weight excluding hydrogens is 354 g/mol. The van der Waals surface area contributed by atoms with Crippen molar-refractivity contribution >= 4 is 28.0 Å². The molecule has 2 aromatic heterocycles. The standard InChI is InChI=1S/C19H16F2N4O2/c1-9(18-23-15-12(21)7-10(20)8-14(15)24(18)2)17-22-13-6-4-5-11(19(26)27)16(13)25(17)3/h4-9H,1-3H3,(H,26,27). The van der Waals surface area contributed by atoms with Crippen molar-refractivity contribution in [3.63, 3.8) is 0 Å². The second-order valence-electron chi connectivity index (χ2n) is 6.51. The van der Waals surface area contributed by atoms with E-state index in [0.29, 0.717) is 28.2 Å². The Kier molecular flexibility index (Phi) is 3.73. The maximum atomic E-state index is 14.1. The first-order valence-corrected chi connectivity index (χ1v) is 8.29. The fourth-order valence-electron chi connectivity index (χ4n) is 3.58. The van der Waals surface area contributed by atoms with Gasteiger partial charge in [-0.25, -0.2) is 23.5 Å². The molecule has 27 heavy (non-hydrogen) atoms. The molecule has 1 unspecified atom stereocenters. The highest BCUT2D eigenvalue weighted by Crippen LogP contribution is 2.30. The van der Waals surface area contributed by atoms with Crippen molar-refractivity contribution in [1.29, 1.82) is 0 Å². The number of carbonyl (C=O) groups is 1. The van der Waals surface area contributed by atoms with Crippen LogP contribution in [0, 0.1) is 11.6 Å². The number of para-hydroxylation sites is 1. The smallest absolute Gasteiger partial charge is 0.337 e. The lowest BCUT2D eigenvalue weighted by molar-refractivity contribution is 0.0698. The first-order chi connectivity index (χ1) is 12.8. The molecule has 0 saturated heterocycles. The van der Waals surface area contributed by atoms with Crippen LogP contribution in [0.5, 0.6) is 0 Å². The molecule has 0 spiro atoms. The van der Waals surface area contributed by atoms with Crippen LogP contribution in [0.1, 0.15) is 34.8 Å². The Hall–Kier alpha value is -3.29. The van der Waals surface area contributed by atoms with Crippen LogP contribution < -0.4 is 0 Å². The SMILES string of the molecule is CC(c1nc2c(F)cc(F)cc2n1C)c1nc2cccc(C(=O)O)c2n1C. The van der Waals surface area contributed by atoms with Gasteiger partial charge in [-0.1, -0.05) is 6.07 Å². The van der Waals surface area contributed by atoms with Gasteiger partial charge in [-0.05, 0) is 25.1 Å². The lowest BCUT2D eigenvalue weighted by atomic mass is 10.1. The monoisotopic (exact) mass is 370 g/mol. The summed E-state index contributed by atoms with van der Waals surface area (Å²) in [6.07, 6.45) is 0. The quantitative estimate of drug-likeness (QED) is 0.598. The summed E-state index contributed by atoms with van der Waals surface area (Å²) in [5, 5.41) is 9.43. The zero-order valence-electron chi connectivity index (χ0n) is 14.9. The lowest BCUT2D eigenvalue weighted by Gasteiger charge is -2.12. The number of imidazole rings is 2. The van der Waals surface area contributed by atoms with E-state index in [2.05, 4.69) is 9.97 Å². The summed E-state index contributed by atoms with van der Waals surface area (Å²) in [7, 11) is 3.42. The van der Waals surface area contributed by atoms with Crippen molar-refractivity contribution in [3.8, 4) is 0 Å². The van der Waals surface area contributed by atoms with Gasteiger partial charge in [0.1, 0.15) is 23.0 Å². The number of benzene rings is 2. The van der Waals surface area contributed by atoms with Crippen LogP contribution in [0.25, 0.3) is 22.1 Å². The minimum Gasteiger partial charge on any atom is -0.478 e. The van der Waals surface area contributed by atoms with Crippen molar-refractivity contribution < 1.29 is 18.7 Å². The van der Waals surface area contributed by atoms with Crippen molar-refractivity contribution in [2.24, 2.45) is 14.1 Å². The molecule has 8 heteroatoms. The predicted molar refractivity (Wildman–Crippen MR) is 95.8 cm³/mol. The first-order valence-electron chi connectivity index (χ1n) is 8.29. The summed E-state index contributed by atoms with van der Waals surface area (Å²) in [5.74, 6) is -1.72. The topological polar surface area (TPSA) is 72.9 Å². The van der Waals surface area contributed by atoms with E-state index in [9.17, 15) is 18.7 Å². The Labute approximate surface area is 152 Å². The molecule has 0 aliphatic rings. The third-order valence-electron chi connectivity index (χ3n) is 4.87. The fourth-order valence-corrected chi connectivity index (χ4v) is 3.58. The zero-order chi connectivity index (χ0) is 19.5. The highest BCUT2D eigenvalue weighted by Gasteiger charge is 2.24. The van der Waals surface area contributed by atoms with Crippen molar-refractivity contribution in [3.05, 3.63) is 59.2 Å². The molecule has 0 amide bonds. The average Bonchev–Trinajstić information content (AvgIpc) is 3.13. The third kappa shape index (κ3) is 2.48. The Morgan fingerprint density at radius 3 is 2.52 bits per heavy atom. The van der Waals surface area contributed by atoms with Crippen LogP contribution in [-0.4, -0.2) is 30.2 Å². The fraction of sp³-hybridized carbons (Fsp3) is 0.211. The normalized spacial score (nSPS) is 12.8. The molecule has 6 nitrogen and oxygen atoms in total. The van der Waals surface area contributed by atoms with Gasteiger partial charge in [-0.3, -0.25) is 0 Å². The minimum absolute atomic E-state index is 0.0886. The molecule has 0 aliphatic heterocycles. The molecule has 0 fully saturated rings. The van der Waals surface area contributed by atoms with E-state index in [0.717, 1.165) is 6.07 Å². The minimum atomic E-state index is -1.04. The van der Waals surface area contributed by atoms with Gasteiger partial charge in [0.05, 0.1) is 28.0 Å². The molecule has 0 radical (unpaired) electrons. The van der Waals surface area contributed by atoms with Gasteiger partial charge < -0.3 is 14.2 Å². The average molecular weight is 370 g/mol. The highest BCUT2D eigenvalue weighted by molar-refractivity contribution is 6.01. The van der Waals surface area contributed by atoms with Gasteiger partial charge in [0.2, 0.25) is 0 Å². The number of nitrogens with zero attached hydrogens (tertiary/aromatic N) is 4. The van der Waals surface area contributed by atoms with Gasteiger partial charge in [-0.2, -0.15) is 0 Å². The van der Waals surface area contributed by atoms with Crippen LogP contribution >= 0.6 is 0 Å². The van der Waals surface area contributed by atoms with E-state index in [-0.39, 0.29) is 17.0 Å². The van der Waals surface area contributed by atoms with Crippen LogP contribution in [0.15, 0.2) is 30.3 Å². The Balaban J connectivity index is 1.92. The van der Waals surface area contributed by atoms with Gasteiger partial charge >= 0.3 is 5.97 Å². The van der Waals surface area contributed by atoms with Crippen LogP contribution in [0.4, 0.5) is 8.78 Å². The number of aryl methyl sites for hydroxylation is 2. The van der Waals surface area contributed by atoms with E-state index >= 15 is 0 Å². The summed E-state index contributed by atoms with van der Waals surface area (Å²) >= 11 is 0. The van der Waals surface area contributed by atoms with Gasteiger partial charge in [0.25, 0.3) is 0 Å². The van der Waals surface area contributed by atoms with Crippen molar-refractivity contribution in [2.75, 3.05) is 0 Å². The summed E-state index contributed by atoms with van der Waals surface area (Å²) in [5.41, 5.74) is 1.64. The zero-order valence-corrected chi connectivity index (χ0v) is 14.9. The van der Waals surface area contributed by atoms with Crippen molar-refractivity contribution in [2.45, 2.75) is 12.8 Å². The van der Waals surface area contributed by atoms with Gasteiger partial charge in [-0.15, -0.1) is 0 Å². The van der Waals surface area contributed by atoms with Crippen LogP contribution in [-0.2, 0) is 14.1 Å². The van der Waals surface area contributed by atoms with E-state index in [1.54, 1.807) is 35.4 Å². The van der Waals surface area contributed by atoms with Crippen molar-refractivity contribution in [1.82, 2.24) is 19.1 Å². The first kappa shape index (κ1) is 17.1. The number of hydrogen-bond acceptors (Lipinski definition) is 3. The van der Waals surface area contributed by atoms with Crippen LogP contribution in [0.3, 0.4) is 0 Å². The van der Waals surface area contributed by atoms with E-state index < -0.39 is 17.6 Å². The number of aromatic nitrogens is 4. The summed E-state index contributed by atoms with van der Waals surface area (Å²) < 4.78 is 31.0. The third-order valence-corrected chi connectivity index (χ3v) is 4.87. The molecule has 4 rings (SSSR count). The molecule has 138 valence electrons. The lowest BCUT2D eigenvalue weighted by Crippen LogP contribution is -2.10. The number of carboxylic acid groups (broad SMARTS) is 1. The number of hydrogen-bond donors (Lipinski definition) is 1. The molecule has 0 bridgehead atoms. The second-order valence-corrected chi connectivity index (χ2v) is 6.51. The second kappa shape index (κ2) is 5.87. The van der Waals surface area contributed by atoms with Crippen LogP contribution in [0.2, 0.25) is 0 Å². The number of aromatic carboxylic acids is 1. The molecule has 1 N–H and O–H groups in total. The molecule has 0 aliphatic carbocycles. The van der Waals surface area contributed by atoms with E-state index in [1.807, 2.05) is 6.92 Å². The molecule has 2 aromatic carbocycles. The molecule has 0 saturated carbocycles. The number of halogens is 2. The van der Waals surface area contributed by atoms with E-state index in [4.69, 9.17) is 0 Å².